The van der Waals surface area contributed by atoms with Crippen LogP contribution in [0.3, 0.4) is 0 Å². The zero-order valence-electron chi connectivity index (χ0n) is 17.0. The summed E-state index contributed by atoms with van der Waals surface area (Å²) in [4.78, 5) is 12.7. The van der Waals surface area contributed by atoms with Crippen molar-refractivity contribution in [2.24, 2.45) is 5.73 Å². The summed E-state index contributed by atoms with van der Waals surface area (Å²) in [5, 5.41) is 13.1. The molecule has 3 rings (SSSR count). The van der Waals surface area contributed by atoms with Crippen LogP contribution in [0.2, 0.25) is 0 Å². The molecule has 1 fully saturated rings. The van der Waals surface area contributed by atoms with E-state index in [9.17, 15) is 14.3 Å². The van der Waals surface area contributed by atoms with E-state index in [1.807, 2.05) is 24.3 Å². The number of halogens is 2. The second kappa shape index (κ2) is 11.9. The summed E-state index contributed by atoms with van der Waals surface area (Å²) in [6.07, 6.45) is 5.59. The van der Waals surface area contributed by atoms with Gasteiger partial charge < -0.3 is 20.9 Å². The molecular weight excluding hydrogens is 407 g/mol. The van der Waals surface area contributed by atoms with E-state index in [1.54, 1.807) is 0 Å². The Morgan fingerprint density at radius 1 is 1.07 bits per heavy atom. The van der Waals surface area contributed by atoms with Crippen LogP contribution in [0.25, 0.3) is 0 Å². The molecule has 2 aromatic carbocycles. The third-order valence-corrected chi connectivity index (χ3v) is 5.32. The molecule has 0 bridgehead atoms. The third-order valence-electron chi connectivity index (χ3n) is 5.32. The molecule has 1 saturated carbocycles. The summed E-state index contributed by atoms with van der Waals surface area (Å²) in [6, 6.07) is 11.2. The van der Waals surface area contributed by atoms with Crippen molar-refractivity contribution in [3.63, 3.8) is 0 Å². The highest BCUT2D eigenvalue weighted by Crippen LogP contribution is 2.25. The van der Waals surface area contributed by atoms with Crippen molar-refractivity contribution < 1.29 is 19.0 Å². The maximum atomic E-state index is 14.3. The lowest BCUT2D eigenvalue weighted by atomic mass is 9.94. The number of nitrogens with two attached hydrogens (primary N) is 1. The van der Waals surface area contributed by atoms with Gasteiger partial charge in [0.2, 0.25) is 0 Å². The standard InChI is InChI=1S/C23H29FN2O3.ClH/c24-20-12-11-18(29-17-9-7-16(8-10-17)13-14-25)15-19(20)23(28)26-21-5-3-1-2-4-6-22(21)27;/h7-12,15,21-22,27H,1-6,13-14,25H2,(H,26,28);1H/t21-,22-;/m0./s1. The SMILES string of the molecule is Cl.NCCc1ccc(Oc2ccc(F)c(C(=O)N[C@H]3CCCCCC[C@@H]3O)c2)cc1. The number of hydrogen-bond donors (Lipinski definition) is 3. The van der Waals surface area contributed by atoms with Gasteiger partial charge in [-0.3, -0.25) is 4.79 Å². The van der Waals surface area contributed by atoms with Gasteiger partial charge >= 0.3 is 0 Å². The van der Waals surface area contributed by atoms with E-state index in [0.29, 0.717) is 30.9 Å². The molecule has 2 aromatic rings. The second-order valence-electron chi connectivity index (χ2n) is 7.57. The smallest absolute Gasteiger partial charge is 0.254 e. The number of aliphatic hydroxyl groups is 1. The van der Waals surface area contributed by atoms with Gasteiger partial charge in [-0.05, 0) is 61.7 Å². The summed E-state index contributed by atoms with van der Waals surface area (Å²) >= 11 is 0. The number of benzene rings is 2. The molecule has 30 heavy (non-hydrogen) atoms. The summed E-state index contributed by atoms with van der Waals surface area (Å²) in [5.74, 6) is -0.176. The number of rotatable bonds is 6. The fourth-order valence-electron chi connectivity index (χ4n) is 3.65. The first kappa shape index (κ1) is 24.1. The van der Waals surface area contributed by atoms with E-state index >= 15 is 0 Å². The fourth-order valence-corrected chi connectivity index (χ4v) is 3.65. The number of ether oxygens (including phenoxy) is 1. The largest absolute Gasteiger partial charge is 0.457 e. The Labute approximate surface area is 183 Å². The molecule has 7 heteroatoms. The van der Waals surface area contributed by atoms with Crippen LogP contribution >= 0.6 is 12.4 Å². The van der Waals surface area contributed by atoms with Crippen molar-refractivity contribution in [2.75, 3.05) is 6.54 Å². The molecule has 1 aliphatic carbocycles. The average molecular weight is 437 g/mol. The molecule has 1 aliphatic rings. The zero-order valence-corrected chi connectivity index (χ0v) is 17.8. The van der Waals surface area contributed by atoms with Gasteiger partial charge in [-0.1, -0.05) is 37.8 Å². The predicted molar refractivity (Wildman–Crippen MR) is 118 cm³/mol. The molecule has 0 unspecified atom stereocenters. The molecule has 0 radical (unpaired) electrons. The molecule has 2 atom stereocenters. The van der Waals surface area contributed by atoms with Crippen LogP contribution in [-0.4, -0.2) is 29.7 Å². The highest BCUT2D eigenvalue weighted by atomic mass is 35.5. The first-order valence-corrected chi connectivity index (χ1v) is 10.3. The van der Waals surface area contributed by atoms with Crippen molar-refractivity contribution >= 4 is 18.3 Å². The van der Waals surface area contributed by atoms with Gasteiger partial charge in [-0.15, -0.1) is 12.4 Å². The van der Waals surface area contributed by atoms with Gasteiger partial charge in [0.05, 0.1) is 17.7 Å². The Morgan fingerprint density at radius 2 is 1.73 bits per heavy atom. The van der Waals surface area contributed by atoms with E-state index in [-0.39, 0.29) is 24.0 Å². The predicted octanol–water partition coefficient (Wildman–Crippen LogP) is 4.35. The number of carbonyl (C=O) groups excluding carboxylic acids is 1. The lowest BCUT2D eigenvalue weighted by Crippen LogP contribution is -2.44. The Kier molecular flexibility index (Phi) is 9.56. The van der Waals surface area contributed by atoms with Gasteiger partial charge in [0.1, 0.15) is 17.3 Å². The van der Waals surface area contributed by atoms with E-state index in [1.165, 1.54) is 18.2 Å². The van der Waals surface area contributed by atoms with Gasteiger partial charge in [0.25, 0.3) is 5.91 Å². The molecule has 164 valence electrons. The van der Waals surface area contributed by atoms with Crippen molar-refractivity contribution in [1.82, 2.24) is 5.32 Å². The van der Waals surface area contributed by atoms with Crippen LogP contribution < -0.4 is 15.8 Å². The zero-order chi connectivity index (χ0) is 20.6. The van der Waals surface area contributed by atoms with Crippen LogP contribution in [-0.2, 0) is 6.42 Å². The van der Waals surface area contributed by atoms with Crippen LogP contribution in [0.5, 0.6) is 11.5 Å². The van der Waals surface area contributed by atoms with E-state index in [4.69, 9.17) is 10.5 Å². The monoisotopic (exact) mass is 436 g/mol. The summed E-state index contributed by atoms with van der Waals surface area (Å²) in [7, 11) is 0. The number of amides is 1. The lowest BCUT2D eigenvalue weighted by Gasteiger charge is -2.26. The minimum Gasteiger partial charge on any atom is -0.457 e. The lowest BCUT2D eigenvalue weighted by molar-refractivity contribution is 0.0767. The minimum atomic E-state index is -0.617. The maximum Gasteiger partial charge on any atom is 0.254 e. The van der Waals surface area contributed by atoms with Crippen molar-refractivity contribution in [3.05, 3.63) is 59.4 Å². The van der Waals surface area contributed by atoms with Crippen LogP contribution in [0.4, 0.5) is 4.39 Å². The Bertz CT molecular complexity index is 817. The first-order chi connectivity index (χ1) is 14.1. The molecule has 0 saturated heterocycles. The topological polar surface area (TPSA) is 84.6 Å². The Hall–Kier alpha value is -2.15. The molecular formula is C23H30ClFN2O3. The number of aliphatic hydroxyl groups excluding tert-OH is 1. The molecule has 5 nitrogen and oxygen atoms in total. The minimum absolute atomic E-state index is 0. The summed E-state index contributed by atoms with van der Waals surface area (Å²) in [6.45, 7) is 0.576. The highest BCUT2D eigenvalue weighted by Gasteiger charge is 2.24. The Morgan fingerprint density at radius 3 is 2.43 bits per heavy atom. The summed E-state index contributed by atoms with van der Waals surface area (Å²) < 4.78 is 20.1. The quantitative estimate of drug-likeness (QED) is 0.628. The van der Waals surface area contributed by atoms with Gasteiger partial charge in [0.15, 0.2) is 0 Å². The third kappa shape index (κ3) is 6.69. The average Bonchev–Trinajstić information content (AvgIpc) is 2.71. The molecule has 0 aromatic heterocycles. The Balaban J connectivity index is 0.00000320. The molecule has 4 N–H and O–H groups in total. The number of nitrogens with one attached hydrogen (secondary N) is 1. The maximum absolute atomic E-state index is 14.3. The van der Waals surface area contributed by atoms with Gasteiger partial charge in [0, 0.05) is 0 Å². The molecule has 0 spiro atoms. The van der Waals surface area contributed by atoms with Crippen LogP contribution in [0.15, 0.2) is 42.5 Å². The molecule has 1 amide bonds. The number of carbonyl (C=O) groups is 1. The molecule has 0 aliphatic heterocycles. The first-order valence-electron chi connectivity index (χ1n) is 10.3. The van der Waals surface area contributed by atoms with E-state index in [2.05, 4.69) is 5.32 Å². The van der Waals surface area contributed by atoms with Crippen molar-refractivity contribution in [1.29, 1.82) is 0 Å². The molecule has 0 heterocycles. The van der Waals surface area contributed by atoms with Crippen LogP contribution in [0, 0.1) is 5.82 Å². The number of hydrogen-bond acceptors (Lipinski definition) is 4. The fraction of sp³-hybridized carbons (Fsp3) is 0.435. The van der Waals surface area contributed by atoms with E-state index < -0.39 is 17.8 Å². The highest BCUT2D eigenvalue weighted by molar-refractivity contribution is 5.95. The van der Waals surface area contributed by atoms with Crippen molar-refractivity contribution in [3.8, 4) is 11.5 Å². The van der Waals surface area contributed by atoms with Gasteiger partial charge in [-0.2, -0.15) is 0 Å². The van der Waals surface area contributed by atoms with E-state index in [0.717, 1.165) is 37.7 Å². The van der Waals surface area contributed by atoms with Crippen molar-refractivity contribution in [2.45, 2.75) is 57.1 Å². The summed E-state index contributed by atoms with van der Waals surface area (Å²) in [5.41, 5.74) is 6.57. The normalized spacial score (nSPS) is 19.2. The van der Waals surface area contributed by atoms with Crippen LogP contribution in [0.1, 0.15) is 54.4 Å². The van der Waals surface area contributed by atoms with Gasteiger partial charge in [-0.25, -0.2) is 4.39 Å². The second-order valence-corrected chi connectivity index (χ2v) is 7.57.